The average molecular weight is 245 g/mol. The van der Waals surface area contributed by atoms with Gasteiger partial charge in [0.25, 0.3) is 0 Å². The number of methoxy groups -OCH3 is 2. The van der Waals surface area contributed by atoms with Crippen molar-refractivity contribution < 1.29 is 14.3 Å². The monoisotopic (exact) mass is 245 g/mol. The molecule has 6 heteroatoms. The van der Waals surface area contributed by atoms with Crippen molar-refractivity contribution in [2.75, 3.05) is 14.2 Å². The number of rotatable bonds is 3. The summed E-state index contributed by atoms with van der Waals surface area (Å²) in [4.78, 5) is 11.3. The molecule has 2 rings (SSSR count). The van der Waals surface area contributed by atoms with Crippen molar-refractivity contribution >= 4 is 5.97 Å². The van der Waals surface area contributed by atoms with Gasteiger partial charge in [0, 0.05) is 11.6 Å². The van der Waals surface area contributed by atoms with Crippen LogP contribution < -0.4 is 4.74 Å². The summed E-state index contributed by atoms with van der Waals surface area (Å²) >= 11 is 0. The maximum atomic E-state index is 11.3. The van der Waals surface area contributed by atoms with Gasteiger partial charge in [0.1, 0.15) is 5.75 Å². The molecule has 18 heavy (non-hydrogen) atoms. The highest BCUT2D eigenvalue weighted by atomic mass is 16.5. The first-order valence-electron chi connectivity index (χ1n) is 5.17. The van der Waals surface area contributed by atoms with Gasteiger partial charge in [-0.25, -0.2) is 4.79 Å². The maximum Gasteiger partial charge on any atom is 0.358 e. The molecule has 2 aromatic rings. The van der Waals surface area contributed by atoms with Gasteiger partial charge in [-0.15, -0.1) is 10.2 Å². The molecule has 0 aliphatic carbocycles. The van der Waals surface area contributed by atoms with Crippen LogP contribution in [0.4, 0.5) is 0 Å². The third-order valence-electron chi connectivity index (χ3n) is 2.36. The SMILES string of the molecule is COC(=O)c1cc(-c2ccc(OC)cc2)nnn1. The van der Waals surface area contributed by atoms with E-state index in [2.05, 4.69) is 20.1 Å². The van der Waals surface area contributed by atoms with Crippen LogP contribution in [0.3, 0.4) is 0 Å². The molecule has 1 aromatic carbocycles. The summed E-state index contributed by atoms with van der Waals surface area (Å²) < 4.78 is 9.64. The van der Waals surface area contributed by atoms with Gasteiger partial charge in [0.2, 0.25) is 0 Å². The first-order valence-corrected chi connectivity index (χ1v) is 5.17. The first-order chi connectivity index (χ1) is 8.74. The number of benzene rings is 1. The molecule has 0 atom stereocenters. The minimum absolute atomic E-state index is 0.123. The van der Waals surface area contributed by atoms with Crippen molar-refractivity contribution in [1.29, 1.82) is 0 Å². The molecular formula is C12H11N3O3. The van der Waals surface area contributed by atoms with Crippen LogP contribution in [0.5, 0.6) is 5.75 Å². The Labute approximate surface area is 104 Å². The number of carbonyl (C=O) groups excluding carboxylic acids is 1. The Morgan fingerprint density at radius 2 is 1.83 bits per heavy atom. The van der Waals surface area contributed by atoms with Crippen LogP contribution in [-0.4, -0.2) is 35.6 Å². The van der Waals surface area contributed by atoms with Crippen LogP contribution in [0, 0.1) is 0 Å². The van der Waals surface area contributed by atoms with Crippen molar-refractivity contribution in [3.63, 3.8) is 0 Å². The number of ether oxygens (including phenoxy) is 2. The van der Waals surface area contributed by atoms with Crippen molar-refractivity contribution in [2.45, 2.75) is 0 Å². The van der Waals surface area contributed by atoms with Crippen LogP contribution in [0.1, 0.15) is 10.5 Å². The van der Waals surface area contributed by atoms with Gasteiger partial charge < -0.3 is 9.47 Å². The zero-order chi connectivity index (χ0) is 13.0. The second-order valence-corrected chi connectivity index (χ2v) is 3.42. The van der Waals surface area contributed by atoms with E-state index >= 15 is 0 Å². The molecule has 6 nitrogen and oxygen atoms in total. The highest BCUT2D eigenvalue weighted by molar-refractivity contribution is 5.88. The summed E-state index contributed by atoms with van der Waals surface area (Å²) in [7, 11) is 2.88. The standard InChI is InChI=1S/C12H11N3O3/c1-17-9-5-3-8(4-6-9)10-7-11(12(16)18-2)14-15-13-10/h3-7H,1-2H3. The smallest absolute Gasteiger partial charge is 0.358 e. The van der Waals surface area contributed by atoms with Gasteiger partial charge in [-0.3, -0.25) is 0 Å². The summed E-state index contributed by atoms with van der Waals surface area (Å²) in [5.74, 6) is 0.202. The van der Waals surface area contributed by atoms with Crippen LogP contribution in [-0.2, 0) is 4.74 Å². The lowest BCUT2D eigenvalue weighted by Gasteiger charge is -2.03. The van der Waals surface area contributed by atoms with Gasteiger partial charge in [0.05, 0.1) is 19.9 Å². The molecule has 1 heterocycles. The van der Waals surface area contributed by atoms with E-state index in [0.29, 0.717) is 5.69 Å². The zero-order valence-corrected chi connectivity index (χ0v) is 9.95. The zero-order valence-electron chi connectivity index (χ0n) is 9.95. The third kappa shape index (κ3) is 2.42. The Bertz CT molecular complexity index is 555. The third-order valence-corrected chi connectivity index (χ3v) is 2.36. The fraction of sp³-hybridized carbons (Fsp3) is 0.167. The van der Waals surface area contributed by atoms with Gasteiger partial charge >= 0.3 is 5.97 Å². The van der Waals surface area contributed by atoms with Crippen molar-refractivity contribution in [2.24, 2.45) is 0 Å². The minimum Gasteiger partial charge on any atom is -0.497 e. The second-order valence-electron chi connectivity index (χ2n) is 3.42. The van der Waals surface area contributed by atoms with E-state index in [1.54, 1.807) is 19.2 Å². The van der Waals surface area contributed by atoms with Crippen molar-refractivity contribution in [1.82, 2.24) is 15.4 Å². The first kappa shape index (κ1) is 12.0. The molecular weight excluding hydrogens is 234 g/mol. The number of nitrogens with zero attached hydrogens (tertiary/aromatic N) is 3. The van der Waals surface area contributed by atoms with Crippen LogP contribution in [0.15, 0.2) is 30.3 Å². The van der Waals surface area contributed by atoms with E-state index < -0.39 is 5.97 Å². The van der Waals surface area contributed by atoms with Gasteiger partial charge in [-0.05, 0) is 29.5 Å². The Morgan fingerprint density at radius 3 is 2.44 bits per heavy atom. The molecule has 0 radical (unpaired) electrons. The average Bonchev–Trinajstić information content (AvgIpc) is 2.46. The van der Waals surface area contributed by atoms with Crippen LogP contribution in [0.25, 0.3) is 11.3 Å². The highest BCUT2D eigenvalue weighted by Gasteiger charge is 2.10. The number of carbonyl (C=O) groups is 1. The summed E-state index contributed by atoms with van der Waals surface area (Å²) in [5.41, 5.74) is 1.49. The topological polar surface area (TPSA) is 74.2 Å². The second kappa shape index (κ2) is 5.22. The molecule has 0 bridgehead atoms. The number of hydrogen-bond donors (Lipinski definition) is 0. The highest BCUT2D eigenvalue weighted by Crippen LogP contribution is 2.20. The molecule has 0 aliphatic rings. The molecule has 92 valence electrons. The van der Waals surface area contributed by atoms with Crippen molar-refractivity contribution in [3.05, 3.63) is 36.0 Å². The van der Waals surface area contributed by atoms with Gasteiger partial charge in [-0.1, -0.05) is 0 Å². The lowest BCUT2D eigenvalue weighted by atomic mass is 10.1. The number of hydrogen-bond acceptors (Lipinski definition) is 6. The van der Waals surface area contributed by atoms with Gasteiger partial charge in [0.15, 0.2) is 5.69 Å². The molecule has 0 amide bonds. The Kier molecular flexibility index (Phi) is 3.47. The summed E-state index contributed by atoms with van der Waals surface area (Å²) in [5, 5.41) is 11.0. The molecule has 0 spiro atoms. The van der Waals surface area contributed by atoms with E-state index in [4.69, 9.17) is 4.74 Å². The van der Waals surface area contributed by atoms with E-state index in [9.17, 15) is 4.79 Å². The molecule has 0 saturated heterocycles. The fourth-order valence-corrected chi connectivity index (χ4v) is 1.41. The van der Waals surface area contributed by atoms with Crippen LogP contribution in [0.2, 0.25) is 0 Å². The van der Waals surface area contributed by atoms with E-state index in [-0.39, 0.29) is 5.69 Å². The molecule has 0 fully saturated rings. The Hall–Kier alpha value is -2.50. The van der Waals surface area contributed by atoms with Crippen molar-refractivity contribution in [3.8, 4) is 17.0 Å². The molecule has 0 N–H and O–H groups in total. The summed E-state index contributed by atoms with van der Waals surface area (Å²) in [6.45, 7) is 0. The Balaban J connectivity index is 2.35. The predicted octanol–water partition coefficient (Wildman–Crippen LogP) is 1.33. The molecule has 0 unspecified atom stereocenters. The van der Waals surface area contributed by atoms with E-state index in [0.717, 1.165) is 11.3 Å². The fourth-order valence-electron chi connectivity index (χ4n) is 1.41. The largest absolute Gasteiger partial charge is 0.497 e. The predicted molar refractivity (Wildman–Crippen MR) is 63.2 cm³/mol. The lowest BCUT2D eigenvalue weighted by Crippen LogP contribution is -2.07. The van der Waals surface area contributed by atoms with Crippen LogP contribution >= 0.6 is 0 Å². The number of aromatic nitrogens is 3. The van der Waals surface area contributed by atoms with E-state index in [1.807, 2.05) is 12.1 Å². The maximum absolute atomic E-state index is 11.3. The minimum atomic E-state index is -0.542. The normalized spacial score (nSPS) is 9.89. The lowest BCUT2D eigenvalue weighted by molar-refractivity contribution is 0.0592. The molecule has 0 aliphatic heterocycles. The summed E-state index contributed by atoms with van der Waals surface area (Å²) in [6, 6.07) is 8.78. The Morgan fingerprint density at radius 1 is 1.11 bits per heavy atom. The summed E-state index contributed by atoms with van der Waals surface area (Å²) in [6.07, 6.45) is 0. The van der Waals surface area contributed by atoms with Gasteiger partial charge in [-0.2, -0.15) is 0 Å². The van der Waals surface area contributed by atoms with E-state index in [1.165, 1.54) is 13.2 Å². The number of esters is 1. The quantitative estimate of drug-likeness (QED) is 0.759. The molecule has 1 aromatic heterocycles. The molecule has 0 saturated carbocycles.